The van der Waals surface area contributed by atoms with Crippen LogP contribution >= 0.6 is 11.6 Å². The molecule has 0 aromatic heterocycles. The maximum Gasteiger partial charge on any atom is 0.0741 e. The Hall–Kier alpha value is 0.250. The van der Waals surface area contributed by atoms with Gasteiger partial charge in [0.1, 0.15) is 0 Å². The summed E-state index contributed by atoms with van der Waals surface area (Å²) in [6.07, 6.45) is 1.51. The molecule has 60 valence electrons. The van der Waals surface area contributed by atoms with Crippen molar-refractivity contribution in [3.05, 3.63) is 0 Å². The Kier molecular flexibility index (Phi) is 2.99. The summed E-state index contributed by atoms with van der Waals surface area (Å²) in [7, 11) is 0. The van der Waals surface area contributed by atoms with Crippen LogP contribution in [0.15, 0.2) is 0 Å². The molecule has 1 nitrogen and oxygen atoms in total. The molecular formula is C8H15ClO. The van der Waals surface area contributed by atoms with Gasteiger partial charge in [0.05, 0.1) is 6.10 Å². The van der Waals surface area contributed by atoms with Gasteiger partial charge in [-0.25, -0.2) is 0 Å². The van der Waals surface area contributed by atoms with Crippen LogP contribution in [0.25, 0.3) is 0 Å². The van der Waals surface area contributed by atoms with Gasteiger partial charge in [-0.3, -0.25) is 0 Å². The van der Waals surface area contributed by atoms with Crippen molar-refractivity contribution in [1.82, 2.24) is 0 Å². The van der Waals surface area contributed by atoms with Crippen molar-refractivity contribution in [3.8, 4) is 0 Å². The molecule has 0 aromatic rings. The van der Waals surface area contributed by atoms with E-state index < -0.39 is 0 Å². The van der Waals surface area contributed by atoms with E-state index in [9.17, 15) is 0 Å². The van der Waals surface area contributed by atoms with E-state index in [1.807, 2.05) is 0 Å². The van der Waals surface area contributed by atoms with E-state index in [0.717, 1.165) is 6.61 Å². The van der Waals surface area contributed by atoms with Gasteiger partial charge in [0.15, 0.2) is 0 Å². The fourth-order valence-electron chi connectivity index (χ4n) is 1.59. The van der Waals surface area contributed by atoms with Gasteiger partial charge < -0.3 is 4.74 Å². The van der Waals surface area contributed by atoms with Gasteiger partial charge in [-0.1, -0.05) is 13.8 Å². The van der Waals surface area contributed by atoms with Crippen LogP contribution in [0.5, 0.6) is 0 Å². The number of rotatable bonds is 2. The van der Waals surface area contributed by atoms with Crippen molar-refractivity contribution in [1.29, 1.82) is 0 Å². The first-order valence-electron chi connectivity index (χ1n) is 3.93. The van der Waals surface area contributed by atoms with Crippen molar-refractivity contribution in [3.63, 3.8) is 0 Å². The van der Waals surface area contributed by atoms with Crippen LogP contribution < -0.4 is 0 Å². The third-order valence-corrected chi connectivity index (χ3v) is 2.57. The Labute approximate surface area is 67.7 Å². The van der Waals surface area contributed by atoms with Crippen molar-refractivity contribution >= 4 is 11.6 Å². The standard InChI is InChI=1S/C8H15ClO/c1-6(2)7-3-4-10-8(7)5-9/h6-8H,3-5H2,1-2H3. The highest BCUT2D eigenvalue weighted by molar-refractivity contribution is 6.18. The summed E-state index contributed by atoms with van der Waals surface area (Å²) in [6.45, 7) is 5.37. The molecule has 0 bridgehead atoms. The Bertz CT molecular complexity index is 103. The first-order chi connectivity index (χ1) is 4.75. The molecular weight excluding hydrogens is 148 g/mol. The van der Waals surface area contributed by atoms with Gasteiger partial charge in [0.25, 0.3) is 0 Å². The molecule has 1 heterocycles. The maximum atomic E-state index is 5.72. The molecule has 2 unspecified atom stereocenters. The van der Waals surface area contributed by atoms with Gasteiger partial charge in [-0.05, 0) is 18.3 Å². The van der Waals surface area contributed by atoms with E-state index in [1.165, 1.54) is 6.42 Å². The average molecular weight is 163 g/mol. The Morgan fingerprint density at radius 2 is 2.30 bits per heavy atom. The molecule has 2 atom stereocenters. The number of ether oxygens (including phenoxy) is 1. The quantitative estimate of drug-likeness (QED) is 0.567. The molecule has 1 rings (SSSR count). The summed E-state index contributed by atoms with van der Waals surface area (Å²) in [5.74, 6) is 2.06. The van der Waals surface area contributed by atoms with Gasteiger partial charge >= 0.3 is 0 Å². The number of halogens is 1. The molecule has 0 radical (unpaired) electrons. The molecule has 0 aliphatic carbocycles. The van der Waals surface area contributed by atoms with Gasteiger partial charge in [-0.2, -0.15) is 0 Å². The molecule has 1 saturated heterocycles. The zero-order valence-corrected chi connectivity index (χ0v) is 7.40. The fourth-order valence-corrected chi connectivity index (χ4v) is 1.90. The second-order valence-electron chi connectivity index (χ2n) is 3.26. The van der Waals surface area contributed by atoms with E-state index in [2.05, 4.69) is 13.8 Å². The second kappa shape index (κ2) is 3.59. The minimum Gasteiger partial charge on any atom is -0.377 e. The molecule has 0 saturated carbocycles. The molecule has 0 spiro atoms. The minimum atomic E-state index is 0.321. The lowest BCUT2D eigenvalue weighted by molar-refractivity contribution is 0.0973. The Balaban J connectivity index is 2.42. The molecule has 1 aliphatic rings. The van der Waals surface area contributed by atoms with E-state index in [0.29, 0.717) is 23.8 Å². The molecule has 10 heavy (non-hydrogen) atoms. The maximum absolute atomic E-state index is 5.72. The Morgan fingerprint density at radius 1 is 1.60 bits per heavy atom. The summed E-state index contributed by atoms with van der Waals surface area (Å²) in [5, 5.41) is 0. The first-order valence-corrected chi connectivity index (χ1v) is 4.46. The lowest BCUT2D eigenvalue weighted by atomic mass is 9.90. The highest BCUT2D eigenvalue weighted by atomic mass is 35.5. The molecule has 0 amide bonds. The second-order valence-corrected chi connectivity index (χ2v) is 3.57. The van der Waals surface area contributed by atoms with E-state index in [1.54, 1.807) is 0 Å². The smallest absolute Gasteiger partial charge is 0.0741 e. The zero-order valence-electron chi connectivity index (χ0n) is 6.64. The van der Waals surface area contributed by atoms with Gasteiger partial charge in [-0.15, -0.1) is 11.6 Å². The van der Waals surface area contributed by atoms with Crippen LogP contribution in [-0.2, 0) is 4.74 Å². The SMILES string of the molecule is CC(C)C1CCOC1CCl. The third kappa shape index (κ3) is 1.64. The lowest BCUT2D eigenvalue weighted by Gasteiger charge is -2.18. The zero-order chi connectivity index (χ0) is 7.56. The number of hydrogen-bond donors (Lipinski definition) is 0. The summed E-state index contributed by atoms with van der Waals surface area (Å²) < 4.78 is 5.44. The molecule has 2 heteroatoms. The number of alkyl halides is 1. The molecule has 0 aromatic carbocycles. The van der Waals surface area contributed by atoms with E-state index >= 15 is 0 Å². The van der Waals surface area contributed by atoms with Crippen LogP contribution in [0.1, 0.15) is 20.3 Å². The predicted molar refractivity (Wildman–Crippen MR) is 43.4 cm³/mol. The predicted octanol–water partition coefficient (Wildman–Crippen LogP) is 2.29. The van der Waals surface area contributed by atoms with Crippen molar-refractivity contribution in [2.45, 2.75) is 26.4 Å². The summed E-state index contributed by atoms with van der Waals surface area (Å²) in [5.41, 5.74) is 0. The number of hydrogen-bond acceptors (Lipinski definition) is 1. The summed E-state index contributed by atoms with van der Waals surface area (Å²) in [4.78, 5) is 0. The normalized spacial score (nSPS) is 33.6. The van der Waals surface area contributed by atoms with E-state index in [4.69, 9.17) is 16.3 Å². The van der Waals surface area contributed by atoms with Crippen LogP contribution in [0.2, 0.25) is 0 Å². The third-order valence-electron chi connectivity index (χ3n) is 2.27. The average Bonchev–Trinajstić information content (AvgIpc) is 2.33. The van der Waals surface area contributed by atoms with Crippen LogP contribution in [-0.4, -0.2) is 18.6 Å². The van der Waals surface area contributed by atoms with Crippen LogP contribution in [0.3, 0.4) is 0 Å². The van der Waals surface area contributed by atoms with Crippen molar-refractivity contribution < 1.29 is 4.74 Å². The fraction of sp³-hybridized carbons (Fsp3) is 1.00. The van der Waals surface area contributed by atoms with Crippen LogP contribution in [0.4, 0.5) is 0 Å². The van der Waals surface area contributed by atoms with E-state index in [-0.39, 0.29) is 0 Å². The highest BCUT2D eigenvalue weighted by Gasteiger charge is 2.29. The summed E-state index contributed by atoms with van der Waals surface area (Å²) >= 11 is 5.72. The van der Waals surface area contributed by atoms with Gasteiger partial charge in [0, 0.05) is 12.5 Å². The topological polar surface area (TPSA) is 9.23 Å². The van der Waals surface area contributed by atoms with Crippen molar-refractivity contribution in [2.24, 2.45) is 11.8 Å². The lowest BCUT2D eigenvalue weighted by Crippen LogP contribution is -2.22. The highest BCUT2D eigenvalue weighted by Crippen LogP contribution is 2.28. The first kappa shape index (κ1) is 8.35. The Morgan fingerprint density at radius 3 is 2.70 bits per heavy atom. The monoisotopic (exact) mass is 162 g/mol. The largest absolute Gasteiger partial charge is 0.377 e. The minimum absolute atomic E-state index is 0.321. The van der Waals surface area contributed by atoms with Gasteiger partial charge in [0.2, 0.25) is 0 Å². The molecule has 0 N–H and O–H groups in total. The molecule has 1 fully saturated rings. The van der Waals surface area contributed by atoms with Crippen LogP contribution in [0, 0.1) is 11.8 Å². The summed E-state index contributed by atoms with van der Waals surface area (Å²) in [6, 6.07) is 0. The van der Waals surface area contributed by atoms with Crippen molar-refractivity contribution in [2.75, 3.05) is 12.5 Å². The molecule has 1 aliphatic heterocycles.